The number of anilines is 3. The van der Waals surface area contributed by atoms with Crippen molar-refractivity contribution in [2.75, 3.05) is 22.6 Å². The predicted molar refractivity (Wildman–Crippen MR) is 106 cm³/mol. The van der Waals surface area contributed by atoms with Crippen LogP contribution in [-0.4, -0.2) is 49.5 Å². The van der Waals surface area contributed by atoms with Crippen LogP contribution in [0, 0.1) is 12.8 Å². The van der Waals surface area contributed by atoms with Gasteiger partial charge < -0.3 is 20.6 Å². The number of nitrogens with one attached hydrogen (secondary N) is 2. The normalized spacial score (nSPS) is 23.2. The summed E-state index contributed by atoms with van der Waals surface area (Å²) in [5.74, 6) is -2.75. The molecule has 1 saturated carbocycles. The SMILES string of the molecule is Cc1nc(NCc2cnn(C3CC(F)(F)C3)c2)nc2c1NC(=O)[C@@](O)(C(C)C)N2C. The fourth-order valence-electron chi connectivity index (χ4n) is 3.86. The molecule has 3 heterocycles. The first-order chi connectivity index (χ1) is 14.0. The number of carbonyl (C=O) groups excluding carboxylic acids is 1. The molecule has 2 aromatic rings. The lowest BCUT2D eigenvalue weighted by Crippen LogP contribution is -2.62. The molecule has 1 fully saturated rings. The average molecular weight is 421 g/mol. The van der Waals surface area contributed by atoms with Crippen molar-refractivity contribution < 1.29 is 18.7 Å². The number of fused-ring (bicyclic) bond motifs is 1. The third-order valence-corrected chi connectivity index (χ3v) is 5.83. The quantitative estimate of drug-likeness (QED) is 0.680. The Morgan fingerprint density at radius 2 is 2.07 bits per heavy atom. The zero-order valence-corrected chi connectivity index (χ0v) is 17.3. The molecule has 11 heteroatoms. The van der Waals surface area contributed by atoms with Crippen molar-refractivity contribution in [3.05, 3.63) is 23.7 Å². The Morgan fingerprint density at radius 3 is 2.70 bits per heavy atom. The predicted octanol–water partition coefficient (Wildman–Crippen LogP) is 2.30. The fourth-order valence-corrected chi connectivity index (χ4v) is 3.86. The van der Waals surface area contributed by atoms with Gasteiger partial charge in [0, 0.05) is 44.1 Å². The van der Waals surface area contributed by atoms with Crippen LogP contribution in [0.3, 0.4) is 0 Å². The van der Waals surface area contributed by atoms with E-state index in [1.165, 1.54) is 4.90 Å². The van der Waals surface area contributed by atoms with E-state index in [1.807, 2.05) is 0 Å². The van der Waals surface area contributed by atoms with Crippen LogP contribution in [0.5, 0.6) is 0 Å². The minimum atomic E-state index is -2.59. The number of aryl methyl sites for hydroxylation is 1. The van der Waals surface area contributed by atoms with E-state index in [0.29, 0.717) is 29.7 Å². The molecular weight excluding hydrogens is 396 g/mol. The maximum atomic E-state index is 13.1. The van der Waals surface area contributed by atoms with E-state index in [-0.39, 0.29) is 24.8 Å². The Morgan fingerprint density at radius 1 is 1.37 bits per heavy atom. The molecule has 0 radical (unpaired) electrons. The minimum Gasteiger partial charge on any atom is -0.363 e. The van der Waals surface area contributed by atoms with Crippen LogP contribution >= 0.6 is 0 Å². The second kappa shape index (κ2) is 6.86. The number of aromatic nitrogens is 4. The highest BCUT2D eigenvalue weighted by Gasteiger charge is 2.49. The van der Waals surface area contributed by atoms with Crippen LogP contribution in [-0.2, 0) is 11.3 Å². The van der Waals surface area contributed by atoms with E-state index in [1.54, 1.807) is 44.9 Å². The van der Waals surface area contributed by atoms with Crippen molar-refractivity contribution in [3.8, 4) is 0 Å². The Balaban J connectivity index is 1.51. The summed E-state index contributed by atoms with van der Waals surface area (Å²) in [6, 6.07) is -0.276. The van der Waals surface area contributed by atoms with Crippen LogP contribution in [0.2, 0.25) is 0 Å². The monoisotopic (exact) mass is 421 g/mol. The smallest absolute Gasteiger partial charge is 0.278 e. The summed E-state index contributed by atoms with van der Waals surface area (Å²) in [4.78, 5) is 22.8. The molecule has 4 rings (SSSR count). The van der Waals surface area contributed by atoms with Gasteiger partial charge in [0.1, 0.15) is 5.69 Å². The molecular formula is C19H25F2N7O2. The summed E-state index contributed by atoms with van der Waals surface area (Å²) >= 11 is 0. The second-order valence-corrected chi connectivity index (χ2v) is 8.33. The molecule has 0 aromatic carbocycles. The number of carbonyl (C=O) groups is 1. The largest absolute Gasteiger partial charge is 0.363 e. The summed E-state index contributed by atoms with van der Waals surface area (Å²) in [5, 5.41) is 20.9. The highest BCUT2D eigenvalue weighted by atomic mass is 19.3. The number of aliphatic hydroxyl groups is 1. The minimum absolute atomic E-state index is 0.189. The number of amides is 1. The highest BCUT2D eigenvalue weighted by molar-refractivity contribution is 6.05. The zero-order valence-electron chi connectivity index (χ0n) is 17.3. The van der Waals surface area contributed by atoms with Gasteiger partial charge in [0.25, 0.3) is 11.8 Å². The number of rotatable bonds is 5. The van der Waals surface area contributed by atoms with Gasteiger partial charge in [-0.3, -0.25) is 9.48 Å². The van der Waals surface area contributed by atoms with Crippen LogP contribution in [0.15, 0.2) is 12.4 Å². The van der Waals surface area contributed by atoms with Gasteiger partial charge in [0.2, 0.25) is 11.7 Å². The van der Waals surface area contributed by atoms with E-state index >= 15 is 0 Å². The maximum absolute atomic E-state index is 13.1. The Labute approximate surface area is 172 Å². The summed E-state index contributed by atoms with van der Waals surface area (Å²) in [7, 11) is 1.62. The van der Waals surface area contributed by atoms with E-state index < -0.39 is 17.6 Å². The van der Waals surface area contributed by atoms with Crippen molar-refractivity contribution in [2.24, 2.45) is 5.92 Å². The number of likely N-dealkylation sites (N-methyl/N-ethyl adjacent to an activating group) is 1. The van der Waals surface area contributed by atoms with Crippen LogP contribution in [0.1, 0.15) is 44.0 Å². The molecule has 1 aliphatic heterocycles. The molecule has 9 nitrogen and oxygen atoms in total. The number of halogens is 2. The van der Waals surface area contributed by atoms with Crippen molar-refractivity contribution in [3.63, 3.8) is 0 Å². The van der Waals surface area contributed by atoms with E-state index in [9.17, 15) is 18.7 Å². The molecule has 162 valence electrons. The molecule has 30 heavy (non-hydrogen) atoms. The van der Waals surface area contributed by atoms with Gasteiger partial charge in [-0.15, -0.1) is 0 Å². The topological polar surface area (TPSA) is 108 Å². The molecule has 0 unspecified atom stereocenters. The van der Waals surface area contributed by atoms with Crippen molar-refractivity contribution in [2.45, 2.75) is 57.8 Å². The molecule has 3 N–H and O–H groups in total. The fraction of sp³-hybridized carbons (Fsp3) is 0.579. The van der Waals surface area contributed by atoms with E-state index in [2.05, 4.69) is 25.7 Å². The molecule has 1 amide bonds. The lowest BCUT2D eigenvalue weighted by Gasteiger charge is -2.43. The van der Waals surface area contributed by atoms with Crippen LogP contribution < -0.4 is 15.5 Å². The van der Waals surface area contributed by atoms with Crippen LogP contribution in [0.25, 0.3) is 0 Å². The van der Waals surface area contributed by atoms with Crippen molar-refractivity contribution in [1.29, 1.82) is 0 Å². The lowest BCUT2D eigenvalue weighted by atomic mass is 9.88. The lowest BCUT2D eigenvalue weighted by molar-refractivity contribution is -0.139. The van der Waals surface area contributed by atoms with Gasteiger partial charge in [-0.25, -0.2) is 13.8 Å². The summed E-state index contributed by atoms with van der Waals surface area (Å²) in [6.07, 6.45) is 2.98. The molecule has 1 atom stereocenters. The second-order valence-electron chi connectivity index (χ2n) is 8.33. The molecule has 0 spiro atoms. The third-order valence-electron chi connectivity index (χ3n) is 5.83. The average Bonchev–Trinajstić information content (AvgIpc) is 3.12. The van der Waals surface area contributed by atoms with Gasteiger partial charge in [0.15, 0.2) is 5.82 Å². The van der Waals surface area contributed by atoms with Gasteiger partial charge in [-0.1, -0.05) is 13.8 Å². The molecule has 0 saturated heterocycles. The number of hydrogen-bond acceptors (Lipinski definition) is 7. The summed E-state index contributed by atoms with van der Waals surface area (Å²) in [5.41, 5.74) is 0.0966. The first-order valence-corrected chi connectivity index (χ1v) is 9.82. The van der Waals surface area contributed by atoms with E-state index in [0.717, 1.165) is 5.56 Å². The standard InChI is InChI=1S/C19H25F2N7O2/c1-10(2)19(30)16(29)25-14-11(3)24-17(26-15(14)27(19)4)22-7-12-8-23-28(9-12)13-5-18(20,21)6-13/h8-10,13,30H,5-7H2,1-4H3,(H,25,29)(H,22,24,26)/t19-/m0/s1. The highest BCUT2D eigenvalue weighted by Crippen LogP contribution is 2.45. The first kappa shape index (κ1) is 20.5. The Kier molecular flexibility index (Phi) is 4.68. The summed E-state index contributed by atoms with van der Waals surface area (Å²) < 4.78 is 27.7. The number of alkyl halides is 2. The van der Waals surface area contributed by atoms with Gasteiger partial charge in [0.05, 0.1) is 17.9 Å². The van der Waals surface area contributed by atoms with Gasteiger partial charge >= 0.3 is 0 Å². The maximum Gasteiger partial charge on any atom is 0.278 e. The van der Waals surface area contributed by atoms with E-state index in [4.69, 9.17) is 0 Å². The first-order valence-electron chi connectivity index (χ1n) is 9.82. The number of hydrogen-bond donors (Lipinski definition) is 3. The van der Waals surface area contributed by atoms with Crippen molar-refractivity contribution >= 4 is 23.4 Å². The Hall–Kier alpha value is -2.82. The van der Waals surface area contributed by atoms with Gasteiger partial charge in [-0.2, -0.15) is 10.1 Å². The molecule has 0 bridgehead atoms. The third kappa shape index (κ3) is 3.26. The molecule has 2 aromatic heterocycles. The molecule has 2 aliphatic rings. The van der Waals surface area contributed by atoms with Crippen LogP contribution in [0.4, 0.5) is 26.2 Å². The van der Waals surface area contributed by atoms with Gasteiger partial charge in [-0.05, 0) is 6.92 Å². The zero-order chi connectivity index (χ0) is 21.8. The summed E-state index contributed by atoms with van der Waals surface area (Å²) in [6.45, 7) is 5.61. The molecule has 1 aliphatic carbocycles. The number of nitrogens with zero attached hydrogens (tertiary/aromatic N) is 5. The Bertz CT molecular complexity index is 985. The van der Waals surface area contributed by atoms with Crippen molar-refractivity contribution in [1.82, 2.24) is 19.7 Å².